The molecule has 3 nitrogen and oxygen atoms in total. The molecule has 0 aliphatic carbocycles. The van der Waals surface area contributed by atoms with Crippen molar-refractivity contribution >= 4 is 0 Å². The summed E-state index contributed by atoms with van der Waals surface area (Å²) >= 11 is 0. The quantitative estimate of drug-likeness (QED) is 0.894. The van der Waals surface area contributed by atoms with Gasteiger partial charge in [-0.3, -0.25) is 4.90 Å². The molecule has 0 saturated carbocycles. The Hall–Kier alpha value is -0.900. The number of hydrogen-bond acceptors (Lipinski definition) is 3. The van der Waals surface area contributed by atoms with Crippen molar-refractivity contribution in [3.05, 3.63) is 35.9 Å². The number of nitrogens with zero attached hydrogens (tertiary/aromatic N) is 1. The third-order valence-corrected chi connectivity index (χ3v) is 5.30. The second kappa shape index (κ2) is 6.47. The van der Waals surface area contributed by atoms with E-state index >= 15 is 0 Å². The van der Waals surface area contributed by atoms with E-state index in [-0.39, 0.29) is 6.04 Å². The van der Waals surface area contributed by atoms with Gasteiger partial charge in [-0.25, -0.2) is 0 Å². The molecule has 0 bridgehead atoms. The first-order chi connectivity index (χ1) is 10.2. The highest BCUT2D eigenvalue weighted by atomic mass is 16.3. The second-order valence-corrected chi connectivity index (χ2v) is 6.77. The highest BCUT2D eigenvalue weighted by molar-refractivity contribution is 5.18. The van der Waals surface area contributed by atoms with Crippen LogP contribution in [0.3, 0.4) is 0 Å². The van der Waals surface area contributed by atoms with Crippen LogP contribution in [0.4, 0.5) is 0 Å². The van der Waals surface area contributed by atoms with E-state index in [1.807, 2.05) is 6.07 Å². The van der Waals surface area contributed by atoms with Crippen LogP contribution < -0.4 is 5.32 Å². The Morgan fingerprint density at radius 1 is 1.24 bits per heavy atom. The molecule has 3 heteroatoms. The fourth-order valence-electron chi connectivity index (χ4n) is 4.02. The lowest BCUT2D eigenvalue weighted by molar-refractivity contribution is -0.0928. The first kappa shape index (κ1) is 15.0. The van der Waals surface area contributed by atoms with E-state index in [0.29, 0.717) is 12.6 Å². The van der Waals surface area contributed by atoms with Gasteiger partial charge in [0.15, 0.2) is 0 Å². The van der Waals surface area contributed by atoms with Crippen LogP contribution in [-0.4, -0.2) is 41.3 Å². The molecule has 3 rings (SSSR count). The van der Waals surface area contributed by atoms with Gasteiger partial charge >= 0.3 is 0 Å². The minimum Gasteiger partial charge on any atom is -0.387 e. The Morgan fingerprint density at radius 2 is 2.00 bits per heavy atom. The summed E-state index contributed by atoms with van der Waals surface area (Å²) in [6, 6.07) is 11.1. The number of rotatable bonds is 4. The maximum Gasteiger partial charge on any atom is 0.0926 e. The molecule has 1 aromatic carbocycles. The molecule has 0 aromatic heterocycles. The van der Waals surface area contributed by atoms with Crippen LogP contribution in [0.15, 0.2) is 30.3 Å². The van der Waals surface area contributed by atoms with Crippen molar-refractivity contribution < 1.29 is 5.11 Å². The molecule has 2 fully saturated rings. The van der Waals surface area contributed by atoms with E-state index < -0.39 is 5.60 Å². The van der Waals surface area contributed by atoms with Crippen molar-refractivity contribution in [1.29, 1.82) is 0 Å². The van der Waals surface area contributed by atoms with Crippen molar-refractivity contribution in [2.45, 2.75) is 56.7 Å². The van der Waals surface area contributed by atoms with E-state index in [2.05, 4.69) is 41.4 Å². The van der Waals surface area contributed by atoms with Crippen molar-refractivity contribution in [2.24, 2.45) is 0 Å². The molecule has 2 heterocycles. The Labute approximate surface area is 128 Å². The molecule has 0 radical (unpaired) electrons. The topological polar surface area (TPSA) is 35.5 Å². The lowest BCUT2D eigenvalue weighted by atomic mass is 9.79. The van der Waals surface area contributed by atoms with Gasteiger partial charge in [-0.2, -0.15) is 0 Å². The Morgan fingerprint density at radius 3 is 2.81 bits per heavy atom. The highest BCUT2D eigenvalue weighted by Gasteiger charge is 2.43. The standard InChI is InChI=1S/C18H28N2O/c1-15(16-8-3-2-4-9-16)19-14-18(21)11-7-13-20-12-6-5-10-17(18)20/h2-4,8-9,15,17,19,21H,5-7,10-14H2,1H3/t15-,17-,18-/m1/s1. The molecule has 0 spiro atoms. The van der Waals surface area contributed by atoms with E-state index in [4.69, 9.17) is 0 Å². The predicted octanol–water partition coefficient (Wildman–Crippen LogP) is 2.72. The average molecular weight is 288 g/mol. The largest absolute Gasteiger partial charge is 0.387 e. The Bertz CT molecular complexity index is 448. The smallest absolute Gasteiger partial charge is 0.0926 e. The lowest BCUT2D eigenvalue weighted by Crippen LogP contribution is -2.62. The van der Waals surface area contributed by atoms with Gasteiger partial charge in [-0.1, -0.05) is 36.8 Å². The molecular weight excluding hydrogens is 260 g/mol. The minimum atomic E-state index is -0.554. The molecule has 2 saturated heterocycles. The summed E-state index contributed by atoms with van der Waals surface area (Å²) in [5.41, 5.74) is 0.735. The molecule has 21 heavy (non-hydrogen) atoms. The molecule has 1 aromatic rings. The van der Waals surface area contributed by atoms with Crippen molar-refractivity contribution in [3.8, 4) is 0 Å². The Balaban J connectivity index is 1.62. The lowest BCUT2D eigenvalue weighted by Gasteiger charge is -2.49. The zero-order valence-electron chi connectivity index (χ0n) is 13.1. The number of benzene rings is 1. The van der Waals surface area contributed by atoms with Gasteiger partial charge in [0, 0.05) is 18.6 Å². The minimum absolute atomic E-state index is 0.286. The zero-order chi connectivity index (χ0) is 14.7. The molecule has 0 unspecified atom stereocenters. The van der Waals surface area contributed by atoms with Crippen LogP contribution >= 0.6 is 0 Å². The fourth-order valence-corrected chi connectivity index (χ4v) is 4.02. The van der Waals surface area contributed by atoms with Gasteiger partial charge < -0.3 is 10.4 Å². The summed E-state index contributed by atoms with van der Waals surface area (Å²) in [6.45, 7) is 5.22. The van der Waals surface area contributed by atoms with Crippen LogP contribution in [0.1, 0.15) is 50.6 Å². The fraction of sp³-hybridized carbons (Fsp3) is 0.667. The van der Waals surface area contributed by atoms with Gasteiger partial charge in [0.1, 0.15) is 0 Å². The molecular formula is C18H28N2O. The molecule has 0 amide bonds. The number of piperidine rings is 2. The van der Waals surface area contributed by atoms with Crippen LogP contribution in [-0.2, 0) is 0 Å². The third kappa shape index (κ3) is 3.31. The normalized spacial score (nSPS) is 31.6. The first-order valence-corrected chi connectivity index (χ1v) is 8.44. The zero-order valence-corrected chi connectivity index (χ0v) is 13.1. The van der Waals surface area contributed by atoms with Gasteiger partial charge in [0.25, 0.3) is 0 Å². The van der Waals surface area contributed by atoms with E-state index in [9.17, 15) is 5.11 Å². The van der Waals surface area contributed by atoms with Crippen LogP contribution in [0.25, 0.3) is 0 Å². The maximum absolute atomic E-state index is 11.2. The molecule has 2 N–H and O–H groups in total. The van der Waals surface area contributed by atoms with Crippen molar-refractivity contribution in [1.82, 2.24) is 10.2 Å². The van der Waals surface area contributed by atoms with Gasteiger partial charge in [-0.05, 0) is 51.3 Å². The first-order valence-electron chi connectivity index (χ1n) is 8.44. The number of aliphatic hydroxyl groups is 1. The number of hydrogen-bond donors (Lipinski definition) is 2. The summed E-state index contributed by atoms with van der Waals surface area (Å²) in [5, 5.41) is 14.7. The van der Waals surface area contributed by atoms with Crippen LogP contribution in [0, 0.1) is 0 Å². The van der Waals surface area contributed by atoms with Gasteiger partial charge in [-0.15, -0.1) is 0 Å². The van der Waals surface area contributed by atoms with Crippen molar-refractivity contribution in [3.63, 3.8) is 0 Å². The summed E-state index contributed by atoms with van der Waals surface area (Å²) in [7, 11) is 0. The summed E-state index contributed by atoms with van der Waals surface area (Å²) in [5.74, 6) is 0. The third-order valence-electron chi connectivity index (χ3n) is 5.30. The summed E-state index contributed by atoms with van der Waals surface area (Å²) < 4.78 is 0. The van der Waals surface area contributed by atoms with Crippen molar-refractivity contribution in [2.75, 3.05) is 19.6 Å². The monoisotopic (exact) mass is 288 g/mol. The summed E-state index contributed by atoms with van der Waals surface area (Å²) in [4.78, 5) is 2.52. The Kier molecular flexibility index (Phi) is 4.63. The highest BCUT2D eigenvalue weighted by Crippen LogP contribution is 2.34. The molecule has 116 valence electrons. The second-order valence-electron chi connectivity index (χ2n) is 6.77. The van der Waals surface area contributed by atoms with Crippen LogP contribution in [0.2, 0.25) is 0 Å². The number of fused-ring (bicyclic) bond motifs is 1. The molecule has 2 aliphatic rings. The molecule has 3 atom stereocenters. The summed E-state index contributed by atoms with van der Waals surface area (Å²) in [6.07, 6.45) is 5.76. The van der Waals surface area contributed by atoms with E-state index in [1.165, 1.54) is 31.5 Å². The maximum atomic E-state index is 11.2. The number of nitrogens with one attached hydrogen (secondary N) is 1. The van der Waals surface area contributed by atoms with E-state index in [1.54, 1.807) is 0 Å². The van der Waals surface area contributed by atoms with Crippen LogP contribution in [0.5, 0.6) is 0 Å². The average Bonchev–Trinajstić information content (AvgIpc) is 2.54. The molecule has 2 aliphatic heterocycles. The van der Waals surface area contributed by atoms with E-state index in [0.717, 1.165) is 19.3 Å². The van der Waals surface area contributed by atoms with Gasteiger partial charge in [0.2, 0.25) is 0 Å². The predicted molar refractivity (Wildman–Crippen MR) is 86.3 cm³/mol. The van der Waals surface area contributed by atoms with Gasteiger partial charge in [0.05, 0.1) is 5.60 Å². The SMILES string of the molecule is C[C@@H](NC[C@]1(O)CCCN2CCCC[C@@H]21)c1ccccc1.